The van der Waals surface area contributed by atoms with Crippen molar-refractivity contribution in [1.29, 1.82) is 0 Å². The van der Waals surface area contributed by atoms with Gasteiger partial charge in [0.05, 0.1) is 12.2 Å². The number of guanidine groups is 1. The molecule has 178 valence electrons. The lowest BCUT2D eigenvalue weighted by molar-refractivity contribution is 0.123. The van der Waals surface area contributed by atoms with E-state index in [1.54, 1.807) is 18.0 Å². The van der Waals surface area contributed by atoms with Gasteiger partial charge in [0, 0.05) is 45.0 Å². The second-order valence-electron chi connectivity index (χ2n) is 7.75. The quantitative estimate of drug-likeness (QED) is 0.506. The highest BCUT2D eigenvalue weighted by atomic mass is 19.1. The van der Waals surface area contributed by atoms with Crippen LogP contribution in [0.15, 0.2) is 45.7 Å². The minimum absolute atomic E-state index is 0.0422. The van der Waals surface area contributed by atoms with Crippen molar-refractivity contribution < 1.29 is 13.6 Å². The molecule has 13 heteroatoms. The third kappa shape index (κ3) is 4.82. The highest BCUT2D eigenvalue weighted by Crippen LogP contribution is 2.29. The Morgan fingerprint density at radius 1 is 1.21 bits per heavy atom. The molecule has 1 fully saturated rings. The highest BCUT2D eigenvalue weighted by Gasteiger charge is 2.33. The van der Waals surface area contributed by atoms with Crippen molar-refractivity contribution in [2.45, 2.75) is 26.3 Å². The lowest BCUT2D eigenvalue weighted by atomic mass is 10.1. The number of hydrogen-bond donors (Lipinski definition) is 0. The summed E-state index contributed by atoms with van der Waals surface area (Å²) in [4.78, 5) is 32.7. The van der Waals surface area contributed by atoms with Gasteiger partial charge in [-0.2, -0.15) is 19.9 Å². The van der Waals surface area contributed by atoms with Crippen LogP contribution in [0, 0.1) is 12.7 Å². The van der Waals surface area contributed by atoms with E-state index in [1.807, 2.05) is 4.90 Å². The largest absolute Gasteiger partial charge is 0.341 e. The zero-order valence-corrected chi connectivity index (χ0v) is 18.8. The van der Waals surface area contributed by atoms with Crippen molar-refractivity contribution in [3.05, 3.63) is 47.8 Å². The number of carbonyl (C=O) groups excluding carboxylic acids is 1. The van der Waals surface area contributed by atoms with E-state index in [0.717, 1.165) is 6.20 Å². The summed E-state index contributed by atoms with van der Waals surface area (Å²) in [5.74, 6) is -0.363. The first kappa shape index (κ1) is 23.1. The summed E-state index contributed by atoms with van der Waals surface area (Å²) >= 11 is 0. The van der Waals surface area contributed by atoms with Crippen LogP contribution < -0.4 is 0 Å². The molecule has 2 amide bonds. The molecule has 0 aromatic carbocycles. The summed E-state index contributed by atoms with van der Waals surface area (Å²) in [5, 5.41) is 9.66. The van der Waals surface area contributed by atoms with Gasteiger partial charge >= 0.3 is 6.03 Å². The van der Waals surface area contributed by atoms with E-state index in [2.05, 4.69) is 36.9 Å². The maximum absolute atomic E-state index is 14.2. The lowest BCUT2D eigenvalue weighted by Crippen LogP contribution is -2.53. The fraction of sp³-hybridized carbons (Fsp3) is 0.381. The van der Waals surface area contributed by atoms with Crippen LogP contribution in [-0.2, 0) is 0 Å². The van der Waals surface area contributed by atoms with Gasteiger partial charge in [-0.3, -0.25) is 4.98 Å². The molecule has 2 aliphatic rings. The van der Waals surface area contributed by atoms with Crippen molar-refractivity contribution >= 4 is 30.7 Å². The Morgan fingerprint density at radius 2 is 1.94 bits per heavy atom. The van der Waals surface area contributed by atoms with Crippen molar-refractivity contribution in [3.63, 3.8) is 0 Å². The molecule has 0 spiro atoms. The maximum Gasteiger partial charge on any atom is 0.341 e. The average Bonchev–Trinajstić information content (AvgIpc) is 3.49. The van der Waals surface area contributed by atoms with E-state index in [4.69, 9.17) is 0 Å². The standard InChI is InChI=1S/C21H24F2N10O/c1-14(22)19(32-13-26-15(2)29-32)28-20(24-3)30-6-8-31(9-7-30)21(34)33-18(4-5-27-33)16-10-17(23)12-25-11-16/h5,10-13,18H,3-4,6-9H2,1-2H3/b19-14-,28-20?/t18-/m0/s1. The topological polar surface area (TPSA) is 107 Å². The fourth-order valence-electron chi connectivity index (χ4n) is 3.76. The third-order valence-electron chi connectivity index (χ3n) is 5.45. The predicted molar refractivity (Wildman–Crippen MR) is 122 cm³/mol. The Bertz CT molecular complexity index is 1160. The normalized spacial score (nSPS) is 19.5. The first-order valence-electron chi connectivity index (χ1n) is 10.6. The Hall–Kier alpha value is -4.03. The van der Waals surface area contributed by atoms with Crippen LogP contribution >= 0.6 is 0 Å². The Balaban J connectivity index is 1.44. The second-order valence-corrected chi connectivity index (χ2v) is 7.75. The number of urea groups is 1. The SMILES string of the molecule is C=NC(=N/C(=C(\C)F)n1cnc(C)n1)N1CCN(C(=O)N2N=CC[C@H]2c2cncc(F)c2)CC1. The number of aliphatic imine (C=N–C) groups is 2. The maximum atomic E-state index is 14.2. The minimum atomic E-state index is -0.551. The van der Waals surface area contributed by atoms with Crippen LogP contribution in [0.5, 0.6) is 0 Å². The zero-order chi connectivity index (χ0) is 24.2. The Labute approximate surface area is 194 Å². The molecule has 0 unspecified atom stereocenters. The van der Waals surface area contributed by atoms with Gasteiger partial charge in [0.15, 0.2) is 5.82 Å². The molecule has 4 heterocycles. The van der Waals surface area contributed by atoms with Crippen LogP contribution in [0.3, 0.4) is 0 Å². The monoisotopic (exact) mass is 470 g/mol. The number of hydrogen-bond acceptors (Lipinski definition) is 6. The van der Waals surface area contributed by atoms with E-state index < -0.39 is 17.7 Å². The molecule has 0 aliphatic carbocycles. The number of rotatable bonds is 3. The van der Waals surface area contributed by atoms with Crippen molar-refractivity contribution in [1.82, 2.24) is 34.6 Å². The molecule has 2 aromatic rings. The molecule has 2 aliphatic heterocycles. The first-order valence-corrected chi connectivity index (χ1v) is 10.6. The number of pyridine rings is 1. The Morgan fingerprint density at radius 3 is 2.56 bits per heavy atom. The molecule has 0 bridgehead atoms. The third-order valence-corrected chi connectivity index (χ3v) is 5.45. The number of aromatic nitrogens is 4. The fourth-order valence-corrected chi connectivity index (χ4v) is 3.76. The molecule has 2 aromatic heterocycles. The van der Waals surface area contributed by atoms with Gasteiger partial charge < -0.3 is 9.80 Å². The molecule has 1 atom stereocenters. The summed E-state index contributed by atoms with van der Waals surface area (Å²) < 4.78 is 29.0. The number of carbonyl (C=O) groups is 1. The van der Waals surface area contributed by atoms with Gasteiger partial charge in [0.2, 0.25) is 5.96 Å². The average molecular weight is 470 g/mol. The molecular formula is C21H24F2N10O. The number of halogens is 2. The van der Waals surface area contributed by atoms with Gasteiger partial charge in [0.1, 0.15) is 23.8 Å². The van der Waals surface area contributed by atoms with Crippen molar-refractivity contribution in [2.75, 3.05) is 26.2 Å². The van der Waals surface area contributed by atoms with E-state index in [1.165, 1.54) is 35.2 Å². The van der Waals surface area contributed by atoms with Crippen LogP contribution in [0.2, 0.25) is 0 Å². The highest BCUT2D eigenvalue weighted by molar-refractivity contribution is 5.88. The smallest absolute Gasteiger partial charge is 0.337 e. The molecule has 11 nitrogen and oxygen atoms in total. The van der Waals surface area contributed by atoms with Crippen molar-refractivity contribution in [2.24, 2.45) is 15.1 Å². The summed E-state index contributed by atoms with van der Waals surface area (Å²) in [6, 6.07) is 0.663. The van der Waals surface area contributed by atoms with Gasteiger partial charge in [0.25, 0.3) is 0 Å². The summed E-state index contributed by atoms with van der Waals surface area (Å²) in [5.41, 5.74) is 0.582. The van der Waals surface area contributed by atoms with Gasteiger partial charge in [-0.1, -0.05) is 0 Å². The molecule has 0 radical (unpaired) electrons. The van der Waals surface area contributed by atoms with Crippen molar-refractivity contribution in [3.8, 4) is 0 Å². The van der Waals surface area contributed by atoms with E-state index >= 15 is 0 Å². The predicted octanol–water partition coefficient (Wildman–Crippen LogP) is 2.46. The van der Waals surface area contributed by atoms with E-state index in [9.17, 15) is 13.6 Å². The summed E-state index contributed by atoms with van der Waals surface area (Å²) in [6.45, 7) is 8.06. The molecular weight excluding hydrogens is 446 g/mol. The molecule has 1 saturated heterocycles. The first-order chi connectivity index (χ1) is 16.4. The molecule has 34 heavy (non-hydrogen) atoms. The number of piperazine rings is 1. The van der Waals surface area contributed by atoms with Gasteiger partial charge in [-0.05, 0) is 32.2 Å². The summed E-state index contributed by atoms with van der Waals surface area (Å²) in [7, 11) is 0. The lowest BCUT2D eigenvalue weighted by Gasteiger charge is -2.37. The van der Waals surface area contributed by atoms with E-state index in [0.29, 0.717) is 44.0 Å². The van der Waals surface area contributed by atoms with Gasteiger partial charge in [-0.25, -0.2) is 28.6 Å². The van der Waals surface area contributed by atoms with Crippen LogP contribution in [0.1, 0.15) is 30.8 Å². The van der Waals surface area contributed by atoms with Crippen LogP contribution in [0.25, 0.3) is 5.82 Å². The minimum Gasteiger partial charge on any atom is -0.337 e. The van der Waals surface area contributed by atoms with Crippen LogP contribution in [0.4, 0.5) is 13.6 Å². The number of aryl methyl sites for hydroxylation is 1. The Kier molecular flexibility index (Phi) is 6.70. The summed E-state index contributed by atoms with van der Waals surface area (Å²) in [6.07, 6.45) is 6.14. The van der Waals surface area contributed by atoms with E-state index in [-0.39, 0.29) is 17.8 Å². The van der Waals surface area contributed by atoms with Crippen LogP contribution in [-0.4, -0.2) is 85.7 Å². The second kappa shape index (κ2) is 9.85. The molecule has 4 rings (SSSR count). The zero-order valence-electron chi connectivity index (χ0n) is 18.8. The number of nitrogens with zero attached hydrogens (tertiary/aromatic N) is 10. The molecule has 0 saturated carbocycles. The number of allylic oxidation sites excluding steroid dienone is 1. The van der Waals surface area contributed by atoms with Gasteiger partial charge in [-0.15, -0.1) is 0 Å². The number of hydrazone groups is 1. The molecule has 0 N–H and O–H groups in total. The number of amides is 2.